The number of amides is 3. The van der Waals surface area contributed by atoms with Crippen molar-refractivity contribution in [2.45, 2.75) is 25.3 Å². The lowest BCUT2D eigenvalue weighted by molar-refractivity contribution is -0.133. The maximum absolute atomic E-state index is 13.3. The molecule has 2 N–H and O–H groups in total. The van der Waals surface area contributed by atoms with E-state index in [1.807, 2.05) is 12.1 Å². The molecular formula is C22H25N3O5S. The van der Waals surface area contributed by atoms with Crippen molar-refractivity contribution in [1.29, 1.82) is 0 Å². The molecule has 2 heterocycles. The molecular weight excluding hydrogens is 418 g/mol. The van der Waals surface area contributed by atoms with Gasteiger partial charge in [-0.2, -0.15) is 0 Å². The van der Waals surface area contributed by atoms with Crippen molar-refractivity contribution in [3.8, 4) is 11.5 Å². The standard InChI is InChI=1S/C22H25N3O5S/c1-29-16-6-5-13(11-17(16)30-2)7-9-25-18(19(26)23-12-14-3-4-14)20(27)24-21-15(22(25)28)8-10-31-21/h5-6,8,10-11,14,18H,3-4,7,9,12H2,1-2H3,(H,23,26)(H,24,27). The Balaban J connectivity index is 1.57. The molecule has 1 atom stereocenters. The molecule has 0 saturated heterocycles. The van der Waals surface area contributed by atoms with Crippen molar-refractivity contribution in [3.63, 3.8) is 0 Å². The molecule has 1 fully saturated rings. The first kappa shape index (κ1) is 21.2. The topological polar surface area (TPSA) is 97.0 Å². The molecule has 1 aromatic heterocycles. The molecule has 1 aliphatic heterocycles. The highest BCUT2D eigenvalue weighted by atomic mass is 32.1. The van der Waals surface area contributed by atoms with E-state index in [0.29, 0.717) is 40.9 Å². The summed E-state index contributed by atoms with van der Waals surface area (Å²) in [6.07, 6.45) is 2.61. The lowest BCUT2D eigenvalue weighted by Crippen LogP contribution is -2.55. The fourth-order valence-corrected chi connectivity index (χ4v) is 4.39. The molecule has 2 aromatic rings. The van der Waals surface area contributed by atoms with Gasteiger partial charge < -0.3 is 25.0 Å². The van der Waals surface area contributed by atoms with Gasteiger partial charge in [0.15, 0.2) is 17.5 Å². The minimum Gasteiger partial charge on any atom is -0.493 e. The average molecular weight is 444 g/mol. The van der Waals surface area contributed by atoms with Crippen molar-refractivity contribution < 1.29 is 23.9 Å². The lowest BCUT2D eigenvalue weighted by Gasteiger charge is -2.28. The number of carbonyl (C=O) groups is 3. The molecule has 1 aromatic carbocycles. The van der Waals surface area contributed by atoms with Crippen LogP contribution in [0.2, 0.25) is 0 Å². The van der Waals surface area contributed by atoms with Gasteiger partial charge in [-0.3, -0.25) is 14.4 Å². The summed E-state index contributed by atoms with van der Waals surface area (Å²) in [5.74, 6) is 0.392. The van der Waals surface area contributed by atoms with Crippen LogP contribution in [0.3, 0.4) is 0 Å². The third-order valence-electron chi connectivity index (χ3n) is 5.55. The van der Waals surface area contributed by atoms with Gasteiger partial charge in [0.25, 0.3) is 17.7 Å². The zero-order valence-corrected chi connectivity index (χ0v) is 18.3. The van der Waals surface area contributed by atoms with Crippen LogP contribution in [0.15, 0.2) is 29.6 Å². The van der Waals surface area contributed by atoms with Crippen LogP contribution in [-0.4, -0.2) is 56.0 Å². The van der Waals surface area contributed by atoms with E-state index in [0.717, 1.165) is 18.4 Å². The van der Waals surface area contributed by atoms with Gasteiger partial charge in [-0.05, 0) is 54.3 Å². The van der Waals surface area contributed by atoms with Gasteiger partial charge in [0.05, 0.1) is 19.8 Å². The molecule has 1 aliphatic carbocycles. The molecule has 0 bridgehead atoms. The summed E-state index contributed by atoms with van der Waals surface area (Å²) < 4.78 is 10.6. The van der Waals surface area contributed by atoms with E-state index in [1.54, 1.807) is 31.7 Å². The smallest absolute Gasteiger partial charge is 0.257 e. The Bertz CT molecular complexity index is 1000. The number of methoxy groups -OCH3 is 2. The fourth-order valence-electron chi connectivity index (χ4n) is 3.61. The number of hydrogen-bond acceptors (Lipinski definition) is 6. The van der Waals surface area contributed by atoms with Crippen molar-refractivity contribution >= 4 is 34.1 Å². The van der Waals surface area contributed by atoms with Crippen LogP contribution in [0.5, 0.6) is 11.5 Å². The number of carbonyl (C=O) groups excluding carboxylic acids is 3. The second-order valence-electron chi connectivity index (χ2n) is 7.68. The van der Waals surface area contributed by atoms with E-state index < -0.39 is 17.9 Å². The number of rotatable bonds is 8. The Labute approximate surface area is 184 Å². The van der Waals surface area contributed by atoms with Crippen LogP contribution in [-0.2, 0) is 16.0 Å². The summed E-state index contributed by atoms with van der Waals surface area (Å²) in [6.45, 7) is 0.737. The normalized spacial score (nSPS) is 18.1. The Kier molecular flexibility index (Phi) is 6.13. The first-order valence-electron chi connectivity index (χ1n) is 10.2. The second-order valence-corrected chi connectivity index (χ2v) is 8.60. The molecule has 0 spiro atoms. The fraction of sp³-hybridized carbons (Fsp3) is 0.409. The van der Waals surface area contributed by atoms with Crippen molar-refractivity contribution in [2.24, 2.45) is 5.92 Å². The Morgan fingerprint density at radius 1 is 1.19 bits per heavy atom. The molecule has 3 amide bonds. The number of anilines is 1. The van der Waals surface area contributed by atoms with Gasteiger partial charge in [-0.15, -0.1) is 11.3 Å². The van der Waals surface area contributed by atoms with Crippen LogP contribution >= 0.6 is 11.3 Å². The minimum absolute atomic E-state index is 0.207. The highest BCUT2D eigenvalue weighted by Crippen LogP contribution is 2.31. The molecule has 0 radical (unpaired) electrons. The van der Waals surface area contributed by atoms with Crippen LogP contribution in [0.4, 0.5) is 5.00 Å². The van der Waals surface area contributed by atoms with Crippen molar-refractivity contribution in [1.82, 2.24) is 10.2 Å². The van der Waals surface area contributed by atoms with E-state index in [2.05, 4.69) is 10.6 Å². The van der Waals surface area contributed by atoms with Crippen LogP contribution in [0.1, 0.15) is 28.8 Å². The van der Waals surface area contributed by atoms with Crippen molar-refractivity contribution in [2.75, 3.05) is 32.6 Å². The second kappa shape index (κ2) is 8.97. The number of hydrogen-bond donors (Lipinski definition) is 2. The molecule has 1 unspecified atom stereocenters. The number of nitrogens with one attached hydrogen (secondary N) is 2. The minimum atomic E-state index is -1.22. The molecule has 8 nitrogen and oxygen atoms in total. The molecule has 164 valence electrons. The summed E-state index contributed by atoms with van der Waals surface area (Å²) in [4.78, 5) is 40.5. The first-order chi connectivity index (χ1) is 15.0. The third kappa shape index (κ3) is 4.51. The summed E-state index contributed by atoms with van der Waals surface area (Å²) in [7, 11) is 3.12. The van der Waals surface area contributed by atoms with Crippen LogP contribution in [0, 0.1) is 5.92 Å². The quantitative estimate of drug-likeness (QED) is 0.611. The highest BCUT2D eigenvalue weighted by molar-refractivity contribution is 7.14. The monoisotopic (exact) mass is 443 g/mol. The summed E-state index contributed by atoms with van der Waals surface area (Å²) >= 11 is 1.27. The molecule has 4 rings (SSSR count). The van der Waals surface area contributed by atoms with E-state index in [4.69, 9.17) is 9.47 Å². The molecule has 1 saturated carbocycles. The molecule has 31 heavy (non-hydrogen) atoms. The predicted molar refractivity (Wildman–Crippen MR) is 117 cm³/mol. The van der Waals surface area contributed by atoms with Gasteiger partial charge in [0.2, 0.25) is 0 Å². The van der Waals surface area contributed by atoms with Gasteiger partial charge in [0.1, 0.15) is 5.00 Å². The van der Waals surface area contributed by atoms with Gasteiger partial charge in [0, 0.05) is 13.1 Å². The third-order valence-corrected chi connectivity index (χ3v) is 6.38. The number of thiophene rings is 1. The van der Waals surface area contributed by atoms with E-state index >= 15 is 0 Å². The first-order valence-corrected chi connectivity index (χ1v) is 11.1. The summed E-state index contributed by atoms with van der Waals surface area (Å²) in [5, 5.41) is 7.82. The van der Waals surface area contributed by atoms with Gasteiger partial charge in [-0.1, -0.05) is 6.07 Å². The SMILES string of the molecule is COc1ccc(CCN2C(=O)c3ccsc3NC(=O)C2C(=O)NCC2CC2)cc1OC. The number of fused-ring (bicyclic) bond motifs is 1. The predicted octanol–water partition coefficient (Wildman–Crippen LogP) is 2.30. The molecule has 2 aliphatic rings. The van der Waals surface area contributed by atoms with Crippen LogP contribution < -0.4 is 20.1 Å². The maximum atomic E-state index is 13.3. The van der Waals surface area contributed by atoms with Gasteiger partial charge >= 0.3 is 0 Å². The van der Waals surface area contributed by atoms with Crippen LogP contribution in [0.25, 0.3) is 0 Å². The van der Waals surface area contributed by atoms with E-state index in [9.17, 15) is 14.4 Å². The average Bonchev–Trinajstić information content (AvgIpc) is 3.51. The summed E-state index contributed by atoms with van der Waals surface area (Å²) in [5.41, 5.74) is 1.31. The number of benzene rings is 1. The number of nitrogens with zero attached hydrogens (tertiary/aromatic N) is 1. The number of ether oxygens (including phenoxy) is 2. The highest BCUT2D eigenvalue weighted by Gasteiger charge is 2.40. The Morgan fingerprint density at radius 3 is 2.68 bits per heavy atom. The Morgan fingerprint density at radius 2 is 1.97 bits per heavy atom. The van der Waals surface area contributed by atoms with E-state index in [-0.39, 0.29) is 12.5 Å². The van der Waals surface area contributed by atoms with Crippen molar-refractivity contribution in [3.05, 3.63) is 40.8 Å². The van der Waals surface area contributed by atoms with E-state index in [1.165, 1.54) is 16.2 Å². The zero-order valence-electron chi connectivity index (χ0n) is 17.5. The maximum Gasteiger partial charge on any atom is 0.257 e. The lowest BCUT2D eigenvalue weighted by atomic mass is 10.1. The zero-order chi connectivity index (χ0) is 22.0. The molecule has 9 heteroatoms. The summed E-state index contributed by atoms with van der Waals surface area (Å²) in [6, 6.07) is 5.96. The Hall–Kier alpha value is -3.07. The largest absolute Gasteiger partial charge is 0.493 e. The van der Waals surface area contributed by atoms with Gasteiger partial charge in [-0.25, -0.2) is 0 Å².